The number of halogens is 2. The van der Waals surface area contributed by atoms with E-state index < -0.39 is 11.6 Å². The largest absolute Gasteiger partial charge is 0.493 e. The maximum atomic E-state index is 15.0. The van der Waals surface area contributed by atoms with Gasteiger partial charge in [-0.05, 0) is 19.1 Å². The normalized spacial score (nSPS) is 13.8. The van der Waals surface area contributed by atoms with Crippen LogP contribution in [0.1, 0.15) is 11.3 Å². The Morgan fingerprint density at radius 3 is 2.67 bits per heavy atom. The van der Waals surface area contributed by atoms with Crippen LogP contribution in [0.2, 0.25) is 0 Å². The molecular weight excluding hydrogens is 430 g/mol. The fourth-order valence-electron chi connectivity index (χ4n) is 3.70. The average molecular weight is 452 g/mol. The third-order valence-corrected chi connectivity index (χ3v) is 5.60. The van der Waals surface area contributed by atoms with Gasteiger partial charge in [0, 0.05) is 42.4 Å². The summed E-state index contributed by atoms with van der Waals surface area (Å²) in [7, 11) is 1.47. The second-order valence-corrected chi connectivity index (χ2v) is 7.97. The zero-order valence-corrected chi connectivity index (χ0v) is 18.2. The van der Waals surface area contributed by atoms with E-state index in [0.717, 1.165) is 19.3 Å². The Kier molecular flexibility index (Phi) is 5.59. The van der Waals surface area contributed by atoms with Crippen LogP contribution in [-0.2, 0) is 6.54 Å². The molecule has 0 spiro atoms. The lowest BCUT2D eigenvalue weighted by Crippen LogP contribution is -2.45. The fraction of sp³-hybridized carbons (Fsp3) is 0.304. The number of nitrogens with zero attached hydrogens (tertiary/aromatic N) is 5. The summed E-state index contributed by atoms with van der Waals surface area (Å²) in [4.78, 5) is 17.3. The van der Waals surface area contributed by atoms with Crippen molar-refractivity contribution < 1.29 is 18.3 Å². The molecule has 1 saturated heterocycles. The summed E-state index contributed by atoms with van der Waals surface area (Å²) >= 11 is 0. The lowest BCUT2D eigenvalue weighted by Gasteiger charge is -2.26. The molecule has 0 atom stereocenters. The van der Waals surface area contributed by atoms with Crippen molar-refractivity contribution in [2.75, 3.05) is 26.8 Å². The van der Waals surface area contributed by atoms with Gasteiger partial charge in [-0.25, -0.2) is 13.8 Å². The fourth-order valence-corrected chi connectivity index (χ4v) is 3.70. The topological polar surface area (TPSA) is 87.0 Å². The number of hydrogen-bond acceptors (Lipinski definition) is 7. The Bertz CT molecular complexity index is 1320. The second-order valence-electron chi connectivity index (χ2n) is 7.97. The number of methoxy groups -OCH3 is 1. The maximum absolute atomic E-state index is 15.0. The van der Waals surface area contributed by atoms with Crippen molar-refractivity contribution in [3.8, 4) is 23.1 Å². The highest BCUT2D eigenvalue weighted by molar-refractivity contribution is 5.79. The standard InChI is InChI=1S/C23H22F2N6O2/c1-13-20-22(30-23(28-13)32-2)31(21(29-20)16-5-17(24)10-27-9-16)11-15-3-4-18(6-19(15)25)33-12-14-7-26-8-14/h3-6,9-10,14,26H,7-8,11-12H2,1-2H3. The number of rotatable bonds is 7. The molecule has 0 amide bonds. The summed E-state index contributed by atoms with van der Waals surface area (Å²) in [6, 6.07) is 6.29. The van der Waals surface area contributed by atoms with Gasteiger partial charge in [-0.15, -0.1) is 0 Å². The number of aromatic nitrogens is 5. The van der Waals surface area contributed by atoms with Crippen molar-refractivity contribution in [1.82, 2.24) is 29.8 Å². The SMILES string of the molecule is COc1nc(C)c2nc(-c3cncc(F)c3)n(Cc3ccc(OCC4CNC4)cc3F)c2n1. The Labute approximate surface area is 188 Å². The van der Waals surface area contributed by atoms with Crippen LogP contribution in [0.25, 0.3) is 22.6 Å². The van der Waals surface area contributed by atoms with E-state index in [1.807, 2.05) is 0 Å². The molecule has 0 saturated carbocycles. The van der Waals surface area contributed by atoms with Crippen molar-refractivity contribution in [2.24, 2.45) is 5.92 Å². The molecule has 1 aromatic carbocycles. The lowest BCUT2D eigenvalue weighted by atomic mass is 10.1. The molecule has 4 heterocycles. The van der Waals surface area contributed by atoms with Crippen molar-refractivity contribution in [2.45, 2.75) is 13.5 Å². The third-order valence-electron chi connectivity index (χ3n) is 5.60. The Morgan fingerprint density at radius 1 is 1.12 bits per heavy atom. The number of benzene rings is 1. The predicted octanol–water partition coefficient (Wildman–Crippen LogP) is 3.13. The van der Waals surface area contributed by atoms with Crippen LogP contribution in [0.4, 0.5) is 8.78 Å². The molecule has 1 aliphatic rings. The smallest absolute Gasteiger partial charge is 0.318 e. The molecule has 1 fully saturated rings. The van der Waals surface area contributed by atoms with E-state index in [4.69, 9.17) is 9.47 Å². The summed E-state index contributed by atoms with van der Waals surface area (Å²) in [6.07, 6.45) is 2.62. The molecule has 5 rings (SSSR count). The number of aryl methyl sites for hydroxylation is 1. The summed E-state index contributed by atoms with van der Waals surface area (Å²) in [5.74, 6) is 0.418. The van der Waals surface area contributed by atoms with Crippen LogP contribution in [0.15, 0.2) is 36.7 Å². The minimum atomic E-state index is -0.499. The van der Waals surface area contributed by atoms with E-state index in [1.165, 1.54) is 25.4 Å². The number of ether oxygens (including phenoxy) is 2. The molecule has 0 bridgehead atoms. The third kappa shape index (κ3) is 4.21. The van der Waals surface area contributed by atoms with Crippen molar-refractivity contribution in [1.29, 1.82) is 0 Å². The van der Waals surface area contributed by atoms with Crippen LogP contribution < -0.4 is 14.8 Å². The van der Waals surface area contributed by atoms with Crippen LogP contribution in [0.5, 0.6) is 11.8 Å². The predicted molar refractivity (Wildman–Crippen MR) is 117 cm³/mol. The molecule has 4 aromatic rings. The Morgan fingerprint density at radius 2 is 1.97 bits per heavy atom. The number of hydrogen-bond donors (Lipinski definition) is 1. The number of fused-ring (bicyclic) bond motifs is 1. The first-order valence-corrected chi connectivity index (χ1v) is 10.5. The van der Waals surface area contributed by atoms with Gasteiger partial charge < -0.3 is 19.4 Å². The van der Waals surface area contributed by atoms with E-state index in [9.17, 15) is 4.39 Å². The zero-order valence-electron chi connectivity index (χ0n) is 18.2. The lowest BCUT2D eigenvalue weighted by molar-refractivity contribution is 0.198. The molecule has 1 aliphatic heterocycles. The summed E-state index contributed by atoms with van der Waals surface area (Å²) < 4.78 is 41.6. The second kappa shape index (κ2) is 8.70. The van der Waals surface area contributed by atoms with Gasteiger partial charge in [0.05, 0.1) is 32.2 Å². The molecule has 10 heteroatoms. The van der Waals surface area contributed by atoms with Gasteiger partial charge in [-0.1, -0.05) is 6.07 Å². The molecule has 0 radical (unpaired) electrons. The van der Waals surface area contributed by atoms with Gasteiger partial charge in [0.2, 0.25) is 0 Å². The van der Waals surface area contributed by atoms with E-state index in [-0.39, 0.29) is 12.6 Å². The van der Waals surface area contributed by atoms with Crippen molar-refractivity contribution in [3.63, 3.8) is 0 Å². The van der Waals surface area contributed by atoms with Gasteiger partial charge in [-0.2, -0.15) is 9.97 Å². The Balaban J connectivity index is 1.54. The van der Waals surface area contributed by atoms with Gasteiger partial charge in [0.25, 0.3) is 0 Å². The van der Waals surface area contributed by atoms with Crippen LogP contribution in [0, 0.1) is 24.5 Å². The van der Waals surface area contributed by atoms with Crippen molar-refractivity contribution in [3.05, 3.63) is 59.6 Å². The monoisotopic (exact) mass is 452 g/mol. The molecule has 3 aromatic heterocycles. The van der Waals surface area contributed by atoms with E-state index in [1.54, 1.807) is 23.6 Å². The molecule has 0 aliphatic carbocycles. The van der Waals surface area contributed by atoms with Gasteiger partial charge >= 0.3 is 6.01 Å². The number of imidazole rings is 1. The molecule has 8 nitrogen and oxygen atoms in total. The first-order chi connectivity index (χ1) is 16.0. The highest BCUT2D eigenvalue weighted by Crippen LogP contribution is 2.28. The van der Waals surface area contributed by atoms with Gasteiger partial charge in [0.1, 0.15) is 28.7 Å². The quantitative estimate of drug-likeness (QED) is 0.461. The van der Waals surface area contributed by atoms with E-state index in [0.29, 0.717) is 52.1 Å². The first-order valence-electron chi connectivity index (χ1n) is 10.5. The van der Waals surface area contributed by atoms with Gasteiger partial charge in [0.15, 0.2) is 5.65 Å². The molecule has 33 heavy (non-hydrogen) atoms. The highest BCUT2D eigenvalue weighted by Gasteiger charge is 2.21. The number of pyridine rings is 1. The zero-order chi connectivity index (χ0) is 22.9. The summed E-state index contributed by atoms with van der Waals surface area (Å²) in [5.41, 5.74) is 2.42. The van der Waals surface area contributed by atoms with E-state index in [2.05, 4.69) is 25.3 Å². The van der Waals surface area contributed by atoms with Crippen LogP contribution >= 0.6 is 0 Å². The minimum Gasteiger partial charge on any atom is -0.493 e. The Hall–Kier alpha value is -3.66. The molecule has 1 N–H and O–H groups in total. The molecule has 0 unspecified atom stereocenters. The van der Waals surface area contributed by atoms with Gasteiger partial charge in [-0.3, -0.25) is 4.98 Å². The van der Waals surface area contributed by atoms with Crippen LogP contribution in [0.3, 0.4) is 0 Å². The number of nitrogens with one attached hydrogen (secondary N) is 1. The van der Waals surface area contributed by atoms with E-state index >= 15 is 4.39 Å². The van der Waals surface area contributed by atoms with Crippen molar-refractivity contribution >= 4 is 11.2 Å². The highest BCUT2D eigenvalue weighted by atomic mass is 19.1. The summed E-state index contributed by atoms with van der Waals surface area (Å²) in [5, 5.41) is 3.18. The maximum Gasteiger partial charge on any atom is 0.318 e. The summed E-state index contributed by atoms with van der Waals surface area (Å²) in [6.45, 7) is 4.26. The molecular formula is C23H22F2N6O2. The van der Waals surface area contributed by atoms with Crippen LogP contribution in [-0.4, -0.2) is 51.3 Å². The average Bonchev–Trinajstić information content (AvgIpc) is 3.13. The molecule has 170 valence electrons. The first kappa shape index (κ1) is 21.2. The minimum absolute atomic E-state index is 0.112.